The van der Waals surface area contributed by atoms with E-state index in [1.54, 1.807) is 19.9 Å². The highest BCUT2D eigenvalue weighted by Gasteiger charge is 2.24. The molecule has 0 aliphatic carbocycles. The van der Waals surface area contributed by atoms with Gasteiger partial charge in [-0.05, 0) is 50.6 Å². The highest BCUT2D eigenvalue weighted by molar-refractivity contribution is 7.89. The number of hydrogen-bond acceptors (Lipinski definition) is 3. The molecule has 2 N–H and O–H groups in total. The van der Waals surface area contributed by atoms with Crippen molar-refractivity contribution in [3.63, 3.8) is 0 Å². The van der Waals surface area contributed by atoms with Gasteiger partial charge < -0.3 is 5.32 Å². The minimum absolute atomic E-state index is 0.0702. The van der Waals surface area contributed by atoms with Crippen molar-refractivity contribution in [1.82, 2.24) is 10.0 Å². The molecule has 0 aliphatic heterocycles. The second kappa shape index (κ2) is 7.09. The molecule has 0 bridgehead atoms. The van der Waals surface area contributed by atoms with Crippen LogP contribution in [-0.2, 0) is 10.0 Å². The predicted molar refractivity (Wildman–Crippen MR) is 84.2 cm³/mol. The van der Waals surface area contributed by atoms with Crippen molar-refractivity contribution in [2.24, 2.45) is 5.92 Å². The molecule has 114 valence electrons. The predicted octanol–water partition coefficient (Wildman–Crippen LogP) is 2.74. The molecule has 0 fully saturated rings. The summed E-state index contributed by atoms with van der Waals surface area (Å²) >= 11 is 12.2. The highest BCUT2D eigenvalue weighted by Crippen LogP contribution is 2.33. The molecule has 1 unspecified atom stereocenters. The van der Waals surface area contributed by atoms with Gasteiger partial charge in [0, 0.05) is 11.6 Å². The van der Waals surface area contributed by atoms with Crippen LogP contribution in [0.2, 0.25) is 10.0 Å². The van der Waals surface area contributed by atoms with Crippen LogP contribution in [0.3, 0.4) is 0 Å². The molecule has 0 aromatic heterocycles. The third-order valence-corrected chi connectivity index (χ3v) is 5.62. The van der Waals surface area contributed by atoms with Crippen LogP contribution < -0.4 is 10.0 Å². The molecule has 0 amide bonds. The molecule has 4 nitrogen and oxygen atoms in total. The van der Waals surface area contributed by atoms with Crippen molar-refractivity contribution in [1.29, 1.82) is 0 Å². The van der Waals surface area contributed by atoms with Crippen molar-refractivity contribution in [2.75, 3.05) is 20.1 Å². The molecular weight excluding hydrogens is 319 g/mol. The molecule has 1 atom stereocenters. The van der Waals surface area contributed by atoms with E-state index < -0.39 is 10.0 Å². The number of aryl methyl sites for hydroxylation is 1. The number of halogens is 2. The summed E-state index contributed by atoms with van der Waals surface area (Å²) in [6.45, 7) is 6.40. The number of benzene rings is 1. The van der Waals surface area contributed by atoms with Gasteiger partial charge in [0.25, 0.3) is 0 Å². The molecule has 0 saturated heterocycles. The summed E-state index contributed by atoms with van der Waals surface area (Å²) in [5.41, 5.74) is 1.11. The Balaban J connectivity index is 3.10. The Bertz CT molecular complexity index is 562. The van der Waals surface area contributed by atoms with E-state index in [1.165, 1.54) is 0 Å². The van der Waals surface area contributed by atoms with Crippen molar-refractivity contribution in [3.05, 3.63) is 27.2 Å². The molecule has 7 heteroatoms. The summed E-state index contributed by atoms with van der Waals surface area (Å²) in [6, 6.07) is 1.67. The molecule has 1 aromatic carbocycles. The number of sulfonamides is 1. The van der Waals surface area contributed by atoms with Gasteiger partial charge >= 0.3 is 0 Å². The number of nitrogens with one attached hydrogen (secondary N) is 2. The van der Waals surface area contributed by atoms with Crippen molar-refractivity contribution in [2.45, 2.75) is 25.7 Å². The molecule has 0 heterocycles. The van der Waals surface area contributed by atoms with Crippen LogP contribution in [0.1, 0.15) is 18.1 Å². The second-order valence-electron chi connectivity index (χ2n) is 4.96. The second-order valence-corrected chi connectivity index (χ2v) is 7.45. The summed E-state index contributed by atoms with van der Waals surface area (Å²) < 4.78 is 27.4. The quantitative estimate of drug-likeness (QED) is 0.838. The van der Waals surface area contributed by atoms with E-state index in [4.69, 9.17) is 23.2 Å². The highest BCUT2D eigenvalue weighted by atomic mass is 35.5. The largest absolute Gasteiger partial charge is 0.319 e. The fourth-order valence-electron chi connectivity index (χ4n) is 1.88. The zero-order valence-electron chi connectivity index (χ0n) is 12.0. The normalized spacial score (nSPS) is 13.5. The van der Waals surface area contributed by atoms with Crippen LogP contribution in [0.15, 0.2) is 11.0 Å². The average Bonchev–Trinajstić information content (AvgIpc) is 2.35. The van der Waals surface area contributed by atoms with Crippen molar-refractivity contribution >= 4 is 33.2 Å². The molecule has 20 heavy (non-hydrogen) atoms. The Morgan fingerprint density at radius 3 is 2.40 bits per heavy atom. The van der Waals surface area contributed by atoms with Gasteiger partial charge in [0.05, 0.1) is 5.02 Å². The molecular formula is C13H20Cl2N2O2S. The van der Waals surface area contributed by atoms with Crippen LogP contribution in [0.25, 0.3) is 0 Å². The van der Waals surface area contributed by atoms with Crippen LogP contribution in [-0.4, -0.2) is 28.6 Å². The first-order valence-corrected chi connectivity index (χ1v) is 8.54. The maximum atomic E-state index is 12.4. The summed E-state index contributed by atoms with van der Waals surface area (Å²) in [7, 11) is -1.85. The average molecular weight is 339 g/mol. The fraction of sp³-hybridized carbons (Fsp3) is 0.538. The summed E-state index contributed by atoms with van der Waals surface area (Å²) in [4.78, 5) is 0.0702. The van der Waals surface area contributed by atoms with Crippen LogP contribution in [0, 0.1) is 19.8 Å². The standard InChI is InChI=1S/C13H20Cl2N2O2S/c1-8(6-16-4)7-17-20(18,19)13-10(3)11(14)5-9(2)12(13)15/h5,8,16-17H,6-7H2,1-4H3. The molecule has 1 aromatic rings. The van der Waals surface area contributed by atoms with Gasteiger partial charge in [0.1, 0.15) is 4.90 Å². The van der Waals surface area contributed by atoms with Crippen LogP contribution >= 0.6 is 23.2 Å². The minimum atomic E-state index is -3.67. The lowest BCUT2D eigenvalue weighted by atomic mass is 10.2. The summed E-state index contributed by atoms with van der Waals surface area (Å²) in [6.07, 6.45) is 0. The Hall–Kier alpha value is -0.330. The van der Waals surface area contributed by atoms with Gasteiger partial charge in [0.15, 0.2) is 0 Å². The molecule has 0 spiro atoms. The SMILES string of the molecule is CNCC(C)CNS(=O)(=O)c1c(C)c(Cl)cc(C)c1Cl. The molecule has 0 saturated carbocycles. The van der Waals surface area contributed by atoms with Gasteiger partial charge in [-0.15, -0.1) is 0 Å². The lowest BCUT2D eigenvalue weighted by Crippen LogP contribution is -2.32. The van der Waals surface area contributed by atoms with Gasteiger partial charge in [0.2, 0.25) is 10.0 Å². The van der Waals surface area contributed by atoms with E-state index in [2.05, 4.69) is 10.0 Å². The Morgan fingerprint density at radius 2 is 1.85 bits per heavy atom. The van der Waals surface area contributed by atoms with E-state index >= 15 is 0 Å². The Morgan fingerprint density at radius 1 is 1.25 bits per heavy atom. The number of rotatable bonds is 6. The third kappa shape index (κ3) is 4.09. The first-order valence-electron chi connectivity index (χ1n) is 6.30. The maximum absolute atomic E-state index is 12.4. The first kappa shape index (κ1) is 17.7. The van der Waals surface area contributed by atoms with E-state index in [1.807, 2.05) is 14.0 Å². The van der Waals surface area contributed by atoms with Crippen LogP contribution in [0.5, 0.6) is 0 Å². The smallest absolute Gasteiger partial charge is 0.242 e. The first-order chi connectivity index (χ1) is 9.20. The van der Waals surface area contributed by atoms with Gasteiger partial charge in [-0.3, -0.25) is 0 Å². The summed E-state index contributed by atoms with van der Waals surface area (Å²) in [5, 5.41) is 3.62. The molecule has 0 aliphatic rings. The summed E-state index contributed by atoms with van der Waals surface area (Å²) in [5.74, 6) is 0.175. The van der Waals surface area contributed by atoms with Gasteiger partial charge in [-0.1, -0.05) is 30.1 Å². The molecule has 1 rings (SSSR count). The fourth-order valence-corrected chi connectivity index (χ4v) is 4.25. The van der Waals surface area contributed by atoms with E-state index in [0.717, 1.165) is 6.54 Å². The van der Waals surface area contributed by atoms with Gasteiger partial charge in [-0.2, -0.15) is 0 Å². The van der Waals surface area contributed by atoms with Crippen LogP contribution in [0.4, 0.5) is 0 Å². The topological polar surface area (TPSA) is 58.2 Å². The monoisotopic (exact) mass is 338 g/mol. The zero-order chi connectivity index (χ0) is 15.5. The molecule has 0 radical (unpaired) electrons. The van der Waals surface area contributed by atoms with Crippen molar-refractivity contribution < 1.29 is 8.42 Å². The Kier molecular flexibility index (Phi) is 6.28. The third-order valence-electron chi connectivity index (χ3n) is 3.03. The zero-order valence-corrected chi connectivity index (χ0v) is 14.4. The Labute approximate surface area is 130 Å². The van der Waals surface area contributed by atoms with E-state index in [9.17, 15) is 8.42 Å². The number of hydrogen-bond donors (Lipinski definition) is 2. The lowest BCUT2D eigenvalue weighted by molar-refractivity contribution is 0.518. The van der Waals surface area contributed by atoms with Crippen molar-refractivity contribution in [3.8, 4) is 0 Å². The maximum Gasteiger partial charge on any atom is 0.242 e. The van der Waals surface area contributed by atoms with E-state index in [-0.39, 0.29) is 15.8 Å². The lowest BCUT2D eigenvalue weighted by Gasteiger charge is -2.16. The van der Waals surface area contributed by atoms with E-state index in [0.29, 0.717) is 22.7 Å². The van der Waals surface area contributed by atoms with Gasteiger partial charge in [-0.25, -0.2) is 13.1 Å². The minimum Gasteiger partial charge on any atom is -0.319 e.